The van der Waals surface area contributed by atoms with Gasteiger partial charge in [0.2, 0.25) is 5.88 Å². The predicted molar refractivity (Wildman–Crippen MR) is 91.0 cm³/mol. The van der Waals surface area contributed by atoms with Gasteiger partial charge in [0.15, 0.2) is 0 Å². The molecule has 0 atom stereocenters. The standard InChI is InChI=1S/C19H17N3O2/c1-2-3-11-22-17-13(8-6-10-20-17)16(19(22)24)15-12-7-4-5-9-14(12)21-18(15)23/h4-10,24H,2-3,11H2,1H3. The summed E-state index contributed by atoms with van der Waals surface area (Å²) in [7, 11) is 0. The Morgan fingerprint density at radius 1 is 1.17 bits per heavy atom. The van der Waals surface area contributed by atoms with Gasteiger partial charge in [0.25, 0.3) is 5.91 Å². The molecule has 0 aliphatic carbocycles. The second-order valence-corrected chi connectivity index (χ2v) is 5.89. The fourth-order valence-corrected chi connectivity index (χ4v) is 3.24. The van der Waals surface area contributed by atoms with Gasteiger partial charge in [-0.15, -0.1) is 0 Å². The zero-order valence-corrected chi connectivity index (χ0v) is 13.4. The summed E-state index contributed by atoms with van der Waals surface area (Å²) >= 11 is 0. The monoisotopic (exact) mass is 319 g/mol. The molecule has 0 bridgehead atoms. The van der Waals surface area contributed by atoms with Crippen LogP contribution in [-0.2, 0) is 11.3 Å². The molecule has 120 valence electrons. The molecule has 5 nitrogen and oxygen atoms in total. The minimum atomic E-state index is -0.315. The minimum absolute atomic E-state index is 0.0902. The van der Waals surface area contributed by atoms with Crippen molar-refractivity contribution in [3.8, 4) is 5.88 Å². The molecule has 2 aromatic heterocycles. The molecule has 24 heavy (non-hydrogen) atoms. The molecule has 0 radical (unpaired) electrons. The van der Waals surface area contributed by atoms with E-state index in [2.05, 4.69) is 16.9 Å². The fraction of sp³-hybridized carbons (Fsp3) is 0.211. The number of rotatable bonds is 4. The number of aromatic nitrogens is 2. The van der Waals surface area contributed by atoms with E-state index in [0.29, 0.717) is 28.7 Å². The predicted octanol–water partition coefficient (Wildman–Crippen LogP) is 1.90. The van der Waals surface area contributed by atoms with Crippen LogP contribution in [-0.4, -0.2) is 20.6 Å². The molecule has 5 heteroatoms. The first-order chi connectivity index (χ1) is 11.7. The van der Waals surface area contributed by atoms with E-state index in [0.717, 1.165) is 23.4 Å². The van der Waals surface area contributed by atoms with Crippen molar-refractivity contribution in [1.29, 1.82) is 0 Å². The largest absolute Gasteiger partial charge is 0.494 e. The SMILES string of the molecule is CCCCn1c(O)c(C2=c3ccccc3=NC2=O)c2cccnc21. The Morgan fingerprint density at radius 3 is 2.83 bits per heavy atom. The Bertz CT molecular complexity index is 1080. The molecule has 4 rings (SSSR count). The summed E-state index contributed by atoms with van der Waals surface area (Å²) in [6.45, 7) is 2.76. The normalized spacial score (nSPS) is 13.4. The zero-order valence-electron chi connectivity index (χ0n) is 13.4. The van der Waals surface area contributed by atoms with Gasteiger partial charge < -0.3 is 5.11 Å². The van der Waals surface area contributed by atoms with Crippen LogP contribution in [0.15, 0.2) is 47.6 Å². The summed E-state index contributed by atoms with van der Waals surface area (Å²) in [4.78, 5) is 21.0. The van der Waals surface area contributed by atoms with Crippen LogP contribution >= 0.6 is 0 Å². The molecule has 1 N–H and O–H groups in total. The summed E-state index contributed by atoms with van der Waals surface area (Å²) in [5.74, 6) is -0.225. The van der Waals surface area contributed by atoms with Crippen molar-refractivity contribution in [2.45, 2.75) is 26.3 Å². The highest BCUT2D eigenvalue weighted by Crippen LogP contribution is 2.35. The molecular formula is C19H17N3O2. The molecular weight excluding hydrogens is 302 g/mol. The lowest BCUT2D eigenvalue weighted by Crippen LogP contribution is -2.22. The Morgan fingerprint density at radius 2 is 2.00 bits per heavy atom. The maximum Gasteiger partial charge on any atom is 0.279 e. The molecule has 0 saturated carbocycles. The van der Waals surface area contributed by atoms with Crippen molar-refractivity contribution < 1.29 is 9.90 Å². The summed E-state index contributed by atoms with van der Waals surface area (Å²) in [6.07, 6.45) is 3.64. The average Bonchev–Trinajstić information content (AvgIpc) is 3.06. The van der Waals surface area contributed by atoms with Gasteiger partial charge in [-0.25, -0.2) is 9.98 Å². The molecule has 0 unspecified atom stereocenters. The van der Waals surface area contributed by atoms with Crippen molar-refractivity contribution in [3.63, 3.8) is 0 Å². The van der Waals surface area contributed by atoms with Crippen LogP contribution in [0.2, 0.25) is 0 Å². The molecule has 1 aliphatic heterocycles. The van der Waals surface area contributed by atoms with Crippen LogP contribution in [0.5, 0.6) is 5.88 Å². The van der Waals surface area contributed by atoms with Crippen LogP contribution in [0.3, 0.4) is 0 Å². The van der Waals surface area contributed by atoms with Crippen molar-refractivity contribution in [2.24, 2.45) is 4.99 Å². The number of pyridine rings is 1. The van der Waals surface area contributed by atoms with Gasteiger partial charge >= 0.3 is 0 Å². The summed E-state index contributed by atoms with van der Waals surface area (Å²) < 4.78 is 1.79. The Balaban J connectivity index is 2.08. The van der Waals surface area contributed by atoms with Gasteiger partial charge in [0.1, 0.15) is 5.65 Å². The van der Waals surface area contributed by atoms with Crippen molar-refractivity contribution in [3.05, 3.63) is 58.7 Å². The highest BCUT2D eigenvalue weighted by molar-refractivity contribution is 6.24. The van der Waals surface area contributed by atoms with E-state index < -0.39 is 0 Å². The number of aryl methyl sites for hydroxylation is 1. The van der Waals surface area contributed by atoms with Crippen molar-refractivity contribution >= 4 is 22.5 Å². The maximum atomic E-state index is 12.5. The Kier molecular flexibility index (Phi) is 3.41. The van der Waals surface area contributed by atoms with E-state index >= 15 is 0 Å². The molecule has 3 aromatic rings. The number of aromatic hydroxyl groups is 1. The molecule has 0 spiro atoms. The van der Waals surface area contributed by atoms with Crippen molar-refractivity contribution in [1.82, 2.24) is 9.55 Å². The number of amides is 1. The van der Waals surface area contributed by atoms with Gasteiger partial charge in [-0.1, -0.05) is 31.5 Å². The highest BCUT2D eigenvalue weighted by Gasteiger charge is 2.27. The first-order valence-corrected chi connectivity index (χ1v) is 8.11. The van der Waals surface area contributed by atoms with Crippen LogP contribution in [0, 0.1) is 0 Å². The van der Waals surface area contributed by atoms with E-state index in [1.165, 1.54) is 0 Å². The smallest absolute Gasteiger partial charge is 0.279 e. The van der Waals surface area contributed by atoms with Crippen LogP contribution in [0.1, 0.15) is 25.3 Å². The number of fused-ring (bicyclic) bond motifs is 2. The van der Waals surface area contributed by atoms with Crippen LogP contribution in [0.4, 0.5) is 0 Å². The fourth-order valence-electron chi connectivity index (χ4n) is 3.24. The van der Waals surface area contributed by atoms with Crippen LogP contribution in [0.25, 0.3) is 16.6 Å². The minimum Gasteiger partial charge on any atom is -0.494 e. The molecule has 0 fully saturated rings. The van der Waals surface area contributed by atoms with E-state index in [9.17, 15) is 9.90 Å². The average molecular weight is 319 g/mol. The second kappa shape index (κ2) is 5.60. The zero-order chi connectivity index (χ0) is 16.7. The number of unbranched alkanes of at least 4 members (excludes halogenated alkanes) is 1. The third kappa shape index (κ3) is 2.05. The summed E-state index contributed by atoms with van der Waals surface area (Å²) in [5, 5.41) is 13.0. The third-order valence-corrected chi connectivity index (χ3v) is 4.39. The lowest BCUT2D eigenvalue weighted by molar-refractivity contribution is -0.112. The van der Waals surface area contributed by atoms with E-state index in [-0.39, 0.29) is 11.8 Å². The van der Waals surface area contributed by atoms with Gasteiger partial charge in [-0.05, 0) is 24.6 Å². The number of nitrogens with zero attached hydrogens (tertiary/aromatic N) is 3. The summed E-state index contributed by atoms with van der Waals surface area (Å²) in [6, 6.07) is 11.1. The number of hydrogen-bond acceptors (Lipinski definition) is 3. The number of hydrogen-bond donors (Lipinski definition) is 1. The van der Waals surface area contributed by atoms with E-state index in [1.54, 1.807) is 10.8 Å². The highest BCUT2D eigenvalue weighted by atomic mass is 16.3. The van der Waals surface area contributed by atoms with Gasteiger partial charge in [-0.2, -0.15) is 0 Å². The van der Waals surface area contributed by atoms with E-state index in [1.807, 2.05) is 36.4 Å². The van der Waals surface area contributed by atoms with Crippen molar-refractivity contribution in [2.75, 3.05) is 0 Å². The van der Waals surface area contributed by atoms with Gasteiger partial charge in [-0.3, -0.25) is 9.36 Å². The molecule has 0 saturated heterocycles. The topological polar surface area (TPSA) is 67.5 Å². The molecule has 1 aromatic carbocycles. The number of benzene rings is 1. The lowest BCUT2D eigenvalue weighted by atomic mass is 10.0. The number of para-hydroxylation sites is 1. The van der Waals surface area contributed by atoms with E-state index in [4.69, 9.17) is 0 Å². The first-order valence-electron chi connectivity index (χ1n) is 8.11. The summed E-state index contributed by atoms with van der Waals surface area (Å²) in [5.41, 5.74) is 1.69. The number of carbonyl (C=O) groups excluding carboxylic acids is 1. The molecule has 3 heterocycles. The van der Waals surface area contributed by atoms with Gasteiger partial charge in [0, 0.05) is 23.3 Å². The Labute approximate surface area is 138 Å². The molecule has 1 aliphatic rings. The lowest BCUT2D eigenvalue weighted by Gasteiger charge is -2.05. The van der Waals surface area contributed by atoms with Crippen LogP contribution < -0.4 is 10.6 Å². The maximum absolute atomic E-state index is 12.5. The second-order valence-electron chi connectivity index (χ2n) is 5.89. The Hall–Kier alpha value is -2.95. The number of carbonyl (C=O) groups is 1. The first kappa shape index (κ1) is 14.6. The molecule has 1 amide bonds. The third-order valence-electron chi connectivity index (χ3n) is 4.39. The quantitative estimate of drug-likeness (QED) is 0.798. The van der Waals surface area contributed by atoms with Gasteiger partial charge in [0.05, 0.1) is 16.5 Å².